The average molecular weight is 224 g/mol. The van der Waals surface area contributed by atoms with Crippen molar-refractivity contribution in [3.63, 3.8) is 0 Å². The van der Waals surface area contributed by atoms with E-state index >= 15 is 0 Å². The van der Waals surface area contributed by atoms with Gasteiger partial charge in [-0.05, 0) is 19.4 Å². The van der Waals surface area contributed by atoms with Gasteiger partial charge in [-0.25, -0.2) is 4.79 Å². The molecule has 0 N–H and O–H groups in total. The number of hydrogen-bond donors (Lipinski definition) is 0. The van der Waals surface area contributed by atoms with Crippen molar-refractivity contribution in [2.24, 2.45) is 5.92 Å². The number of rotatable bonds is 8. The average Bonchev–Trinajstić information content (AvgIpc) is 2.26. The highest BCUT2D eigenvalue weighted by atomic mass is 16.5. The molecule has 3 nitrogen and oxygen atoms in total. The topological polar surface area (TPSA) is 43.4 Å². The van der Waals surface area contributed by atoms with Crippen LogP contribution < -0.4 is 0 Å². The molecule has 0 bridgehead atoms. The Balaban J connectivity index is 3.92. The maximum atomic E-state index is 11.0. The van der Waals surface area contributed by atoms with Crippen molar-refractivity contribution in [3.8, 4) is 0 Å². The van der Waals surface area contributed by atoms with Crippen molar-refractivity contribution >= 4 is 12.3 Å². The van der Waals surface area contributed by atoms with Crippen LogP contribution in [0.2, 0.25) is 0 Å². The van der Waals surface area contributed by atoms with Gasteiger partial charge in [-0.3, -0.25) is 0 Å². The molecule has 0 spiro atoms. The van der Waals surface area contributed by atoms with E-state index in [1.54, 1.807) is 13.0 Å². The minimum Gasteiger partial charge on any atom is -0.431 e. The molecule has 0 radical (unpaired) electrons. The highest BCUT2D eigenvalue weighted by molar-refractivity contribution is 5.87. The maximum Gasteiger partial charge on any atom is 0.337 e. The van der Waals surface area contributed by atoms with Crippen LogP contribution in [0.15, 0.2) is 24.5 Å². The Morgan fingerprint density at radius 3 is 2.62 bits per heavy atom. The zero-order chi connectivity index (χ0) is 12.4. The van der Waals surface area contributed by atoms with Crippen molar-refractivity contribution in [1.29, 1.82) is 0 Å². The van der Waals surface area contributed by atoms with E-state index in [1.165, 1.54) is 6.26 Å². The van der Waals surface area contributed by atoms with Crippen molar-refractivity contribution < 1.29 is 14.3 Å². The first-order chi connectivity index (χ1) is 7.61. The van der Waals surface area contributed by atoms with E-state index in [2.05, 4.69) is 13.5 Å². The van der Waals surface area contributed by atoms with Gasteiger partial charge in [0.25, 0.3) is 0 Å². The molecule has 0 fully saturated rings. The number of ether oxygens (including phenoxy) is 1. The number of hydrogen-bond acceptors (Lipinski definition) is 3. The normalized spacial score (nSPS) is 12.4. The smallest absolute Gasteiger partial charge is 0.337 e. The summed E-state index contributed by atoms with van der Waals surface area (Å²) in [6.45, 7) is 7.15. The van der Waals surface area contributed by atoms with E-state index in [-0.39, 0.29) is 5.92 Å². The van der Waals surface area contributed by atoms with Crippen LogP contribution in [0.3, 0.4) is 0 Å². The summed E-state index contributed by atoms with van der Waals surface area (Å²) in [4.78, 5) is 21.7. The molecule has 0 aliphatic heterocycles. The largest absolute Gasteiger partial charge is 0.431 e. The molecule has 0 heterocycles. The standard InChI is InChI=1S/C13H20O3/c1-4-5-6-7-12(10-14)8-9-16-13(15)11(2)3/h8-10,12H,2,4-7H2,1,3H3. The Labute approximate surface area is 97.2 Å². The molecule has 0 aliphatic rings. The molecule has 90 valence electrons. The van der Waals surface area contributed by atoms with Gasteiger partial charge in [0, 0.05) is 11.5 Å². The zero-order valence-corrected chi connectivity index (χ0v) is 10.1. The van der Waals surface area contributed by atoms with Gasteiger partial charge in [0.15, 0.2) is 0 Å². The van der Waals surface area contributed by atoms with E-state index in [0.717, 1.165) is 32.0 Å². The number of aldehydes is 1. The van der Waals surface area contributed by atoms with Gasteiger partial charge < -0.3 is 9.53 Å². The summed E-state index contributed by atoms with van der Waals surface area (Å²) in [5.41, 5.74) is 0.346. The van der Waals surface area contributed by atoms with Crippen LogP contribution in [0.5, 0.6) is 0 Å². The minimum absolute atomic E-state index is 0.163. The SMILES string of the molecule is C=C(C)C(=O)OC=CC(C=O)CCCCC. The molecular weight excluding hydrogens is 204 g/mol. The first-order valence-corrected chi connectivity index (χ1v) is 5.60. The zero-order valence-electron chi connectivity index (χ0n) is 10.1. The summed E-state index contributed by atoms with van der Waals surface area (Å²) < 4.78 is 4.76. The Morgan fingerprint density at radius 2 is 2.12 bits per heavy atom. The molecule has 16 heavy (non-hydrogen) atoms. The molecule has 0 amide bonds. The van der Waals surface area contributed by atoms with Crippen molar-refractivity contribution in [2.75, 3.05) is 0 Å². The van der Waals surface area contributed by atoms with E-state index in [4.69, 9.17) is 4.74 Å². The monoisotopic (exact) mass is 224 g/mol. The quantitative estimate of drug-likeness (QED) is 0.209. The van der Waals surface area contributed by atoms with Gasteiger partial charge in [-0.2, -0.15) is 0 Å². The summed E-state index contributed by atoms with van der Waals surface area (Å²) >= 11 is 0. The Hall–Kier alpha value is -1.38. The molecule has 0 saturated heterocycles. The van der Waals surface area contributed by atoms with Crippen LogP contribution in [0, 0.1) is 5.92 Å². The fourth-order valence-corrected chi connectivity index (χ4v) is 1.14. The molecule has 1 atom stereocenters. The first-order valence-electron chi connectivity index (χ1n) is 5.60. The number of unbranched alkanes of at least 4 members (excludes halogenated alkanes) is 2. The van der Waals surface area contributed by atoms with Gasteiger partial charge in [0.1, 0.15) is 6.29 Å². The molecule has 3 heteroatoms. The Bertz CT molecular complexity index is 266. The van der Waals surface area contributed by atoms with Gasteiger partial charge >= 0.3 is 5.97 Å². The number of allylic oxidation sites excluding steroid dienone is 1. The van der Waals surface area contributed by atoms with Crippen LogP contribution in [-0.2, 0) is 14.3 Å². The molecule has 1 unspecified atom stereocenters. The fourth-order valence-electron chi connectivity index (χ4n) is 1.14. The molecule has 0 aliphatic carbocycles. The summed E-state index contributed by atoms with van der Waals surface area (Å²) in [5.74, 6) is -0.626. The minimum atomic E-state index is -0.463. The Morgan fingerprint density at radius 1 is 1.44 bits per heavy atom. The maximum absolute atomic E-state index is 11.0. The van der Waals surface area contributed by atoms with E-state index < -0.39 is 5.97 Å². The molecule has 0 aromatic heterocycles. The lowest BCUT2D eigenvalue weighted by atomic mass is 10.0. The first kappa shape index (κ1) is 14.6. The van der Waals surface area contributed by atoms with E-state index in [1.807, 2.05) is 0 Å². The van der Waals surface area contributed by atoms with Gasteiger partial charge in [-0.1, -0.05) is 32.8 Å². The molecule has 0 aromatic rings. The predicted octanol–water partition coefficient (Wildman–Crippen LogP) is 3.01. The lowest BCUT2D eigenvalue weighted by molar-refractivity contribution is -0.133. The third kappa shape index (κ3) is 6.98. The lowest BCUT2D eigenvalue weighted by Gasteiger charge is -2.03. The van der Waals surface area contributed by atoms with Gasteiger partial charge in [-0.15, -0.1) is 0 Å². The van der Waals surface area contributed by atoms with Crippen LogP contribution in [-0.4, -0.2) is 12.3 Å². The van der Waals surface area contributed by atoms with Crippen LogP contribution >= 0.6 is 0 Å². The second kappa shape index (κ2) is 8.89. The van der Waals surface area contributed by atoms with Crippen LogP contribution in [0.25, 0.3) is 0 Å². The van der Waals surface area contributed by atoms with E-state index in [0.29, 0.717) is 5.57 Å². The third-order valence-electron chi connectivity index (χ3n) is 2.17. The number of carbonyl (C=O) groups is 2. The van der Waals surface area contributed by atoms with Gasteiger partial charge in [0.2, 0.25) is 0 Å². The van der Waals surface area contributed by atoms with Crippen LogP contribution in [0.1, 0.15) is 39.5 Å². The molecule has 0 aromatic carbocycles. The number of carbonyl (C=O) groups excluding carboxylic acids is 2. The molecular formula is C13H20O3. The fraction of sp³-hybridized carbons (Fsp3) is 0.538. The highest BCUT2D eigenvalue weighted by Crippen LogP contribution is 2.09. The molecule has 0 rings (SSSR count). The Kier molecular flexibility index (Phi) is 8.12. The van der Waals surface area contributed by atoms with Crippen molar-refractivity contribution in [2.45, 2.75) is 39.5 Å². The lowest BCUT2D eigenvalue weighted by Crippen LogP contribution is -2.02. The third-order valence-corrected chi connectivity index (χ3v) is 2.17. The van der Waals surface area contributed by atoms with Gasteiger partial charge in [0.05, 0.1) is 6.26 Å². The summed E-state index contributed by atoms with van der Waals surface area (Å²) in [7, 11) is 0. The number of esters is 1. The predicted molar refractivity (Wildman–Crippen MR) is 63.7 cm³/mol. The summed E-state index contributed by atoms with van der Waals surface area (Å²) in [6.07, 6.45) is 7.83. The second-order valence-corrected chi connectivity index (χ2v) is 3.81. The van der Waals surface area contributed by atoms with Crippen molar-refractivity contribution in [1.82, 2.24) is 0 Å². The van der Waals surface area contributed by atoms with Crippen molar-refractivity contribution in [3.05, 3.63) is 24.5 Å². The summed E-state index contributed by atoms with van der Waals surface area (Å²) in [5, 5.41) is 0. The summed E-state index contributed by atoms with van der Waals surface area (Å²) in [6, 6.07) is 0. The molecule has 0 saturated carbocycles. The van der Waals surface area contributed by atoms with E-state index in [9.17, 15) is 9.59 Å². The second-order valence-electron chi connectivity index (χ2n) is 3.81. The highest BCUT2D eigenvalue weighted by Gasteiger charge is 2.04. The van der Waals surface area contributed by atoms with Crippen LogP contribution in [0.4, 0.5) is 0 Å².